The summed E-state index contributed by atoms with van der Waals surface area (Å²) in [5.41, 5.74) is 0.487. The molecule has 1 aromatic rings. The summed E-state index contributed by atoms with van der Waals surface area (Å²) in [6.45, 7) is 7.71. The molecule has 0 fully saturated rings. The van der Waals surface area contributed by atoms with Crippen molar-refractivity contribution < 1.29 is 5.11 Å². The van der Waals surface area contributed by atoms with Gasteiger partial charge in [0.2, 0.25) is 0 Å². The maximum absolute atomic E-state index is 9.51. The topological polar surface area (TPSA) is 33.1 Å². The van der Waals surface area contributed by atoms with Crippen molar-refractivity contribution in [3.63, 3.8) is 0 Å². The highest BCUT2D eigenvalue weighted by Gasteiger charge is 2.14. The first-order valence-electron chi connectivity index (χ1n) is 4.18. The van der Waals surface area contributed by atoms with Crippen LogP contribution in [0.3, 0.4) is 0 Å². The predicted octanol–water partition coefficient (Wildman–Crippen LogP) is 2.62. The lowest BCUT2D eigenvalue weighted by Gasteiger charge is -2.14. The highest BCUT2D eigenvalue weighted by atomic mass is 32.2. The fraction of sp³-hybridized carbons (Fsp3) is 0.667. The average Bonchev–Trinajstić information content (AvgIpc) is 2.27. The molecule has 1 heterocycles. The van der Waals surface area contributed by atoms with Crippen molar-refractivity contribution in [3.05, 3.63) is 10.6 Å². The van der Waals surface area contributed by atoms with Crippen LogP contribution in [0.5, 0.6) is 0 Å². The van der Waals surface area contributed by atoms with Crippen LogP contribution in [-0.2, 0) is 0 Å². The van der Waals surface area contributed by atoms with Gasteiger partial charge >= 0.3 is 0 Å². The number of thiazole rings is 1. The summed E-state index contributed by atoms with van der Waals surface area (Å²) in [5, 5.41) is 9.51. The van der Waals surface area contributed by atoms with Crippen molar-refractivity contribution in [1.29, 1.82) is 0 Å². The molecule has 74 valence electrons. The number of rotatable bonds is 3. The molecular formula is C9H15NOS2. The second-order valence-corrected chi connectivity index (χ2v) is 6.15. The van der Waals surface area contributed by atoms with E-state index in [1.807, 2.05) is 20.8 Å². The van der Waals surface area contributed by atoms with Gasteiger partial charge in [-0.05, 0) is 27.7 Å². The Labute approximate surface area is 87.4 Å². The molecule has 0 unspecified atom stereocenters. The summed E-state index contributed by atoms with van der Waals surface area (Å²) in [6, 6.07) is 0. The van der Waals surface area contributed by atoms with Crippen molar-refractivity contribution >= 4 is 23.1 Å². The summed E-state index contributed by atoms with van der Waals surface area (Å²) >= 11 is 3.32. The van der Waals surface area contributed by atoms with Gasteiger partial charge in [0.25, 0.3) is 0 Å². The maximum atomic E-state index is 9.51. The smallest absolute Gasteiger partial charge is 0.150 e. The van der Waals surface area contributed by atoms with Gasteiger partial charge in [0.1, 0.15) is 4.34 Å². The monoisotopic (exact) mass is 217 g/mol. The van der Waals surface area contributed by atoms with Crippen LogP contribution in [-0.4, -0.2) is 21.4 Å². The van der Waals surface area contributed by atoms with Gasteiger partial charge in [-0.2, -0.15) is 0 Å². The largest absolute Gasteiger partial charge is 0.390 e. The molecule has 0 aromatic carbocycles. The molecule has 0 aliphatic carbocycles. The van der Waals surface area contributed by atoms with Crippen molar-refractivity contribution in [3.8, 4) is 0 Å². The van der Waals surface area contributed by atoms with E-state index in [4.69, 9.17) is 0 Å². The number of aryl methyl sites for hydroxylation is 2. The van der Waals surface area contributed by atoms with Crippen LogP contribution >= 0.6 is 23.1 Å². The number of nitrogens with zero attached hydrogens (tertiary/aromatic N) is 1. The minimum absolute atomic E-state index is 0.613. The van der Waals surface area contributed by atoms with Crippen molar-refractivity contribution in [2.45, 2.75) is 37.6 Å². The first-order chi connectivity index (χ1) is 5.88. The lowest BCUT2D eigenvalue weighted by molar-refractivity contribution is 0.107. The molecule has 4 heteroatoms. The first-order valence-corrected chi connectivity index (χ1v) is 5.98. The Bertz CT molecular complexity index is 269. The van der Waals surface area contributed by atoms with Crippen LogP contribution in [0.15, 0.2) is 4.34 Å². The predicted molar refractivity (Wildman–Crippen MR) is 58.6 cm³/mol. The molecule has 13 heavy (non-hydrogen) atoms. The summed E-state index contributed by atoms with van der Waals surface area (Å²) in [4.78, 5) is 5.65. The van der Waals surface area contributed by atoms with Crippen LogP contribution in [0.1, 0.15) is 24.4 Å². The molecule has 2 nitrogen and oxygen atoms in total. The Balaban J connectivity index is 2.56. The zero-order chi connectivity index (χ0) is 10.1. The third-order valence-corrected chi connectivity index (χ3v) is 4.22. The van der Waals surface area contributed by atoms with Crippen molar-refractivity contribution in [2.24, 2.45) is 0 Å². The number of hydrogen-bond donors (Lipinski definition) is 1. The summed E-state index contributed by atoms with van der Waals surface area (Å²) in [5.74, 6) is 0.694. The molecule has 0 bridgehead atoms. The van der Waals surface area contributed by atoms with Crippen molar-refractivity contribution in [2.75, 3.05) is 5.75 Å². The van der Waals surface area contributed by atoms with Gasteiger partial charge in [-0.1, -0.05) is 11.8 Å². The zero-order valence-electron chi connectivity index (χ0n) is 8.42. The lowest BCUT2D eigenvalue weighted by Crippen LogP contribution is -2.21. The Kier molecular flexibility index (Phi) is 3.38. The van der Waals surface area contributed by atoms with Gasteiger partial charge in [0.15, 0.2) is 0 Å². The van der Waals surface area contributed by atoms with E-state index < -0.39 is 5.60 Å². The average molecular weight is 217 g/mol. The molecule has 0 radical (unpaired) electrons. The van der Waals surface area contributed by atoms with Crippen LogP contribution in [0.4, 0.5) is 0 Å². The van der Waals surface area contributed by atoms with Gasteiger partial charge < -0.3 is 5.11 Å². The van der Waals surface area contributed by atoms with E-state index in [9.17, 15) is 5.11 Å². The van der Waals surface area contributed by atoms with Crippen LogP contribution in [0.2, 0.25) is 0 Å². The van der Waals surface area contributed by atoms with Gasteiger partial charge in [-0.15, -0.1) is 11.3 Å². The molecule has 1 rings (SSSR count). The lowest BCUT2D eigenvalue weighted by atomic mass is 10.2. The minimum Gasteiger partial charge on any atom is -0.390 e. The van der Waals surface area contributed by atoms with Gasteiger partial charge in [-0.25, -0.2) is 4.98 Å². The van der Waals surface area contributed by atoms with E-state index in [-0.39, 0.29) is 0 Å². The summed E-state index contributed by atoms with van der Waals surface area (Å²) in [7, 11) is 0. The summed E-state index contributed by atoms with van der Waals surface area (Å²) in [6.07, 6.45) is 0. The maximum Gasteiger partial charge on any atom is 0.150 e. The standard InChI is InChI=1S/C9H15NOS2/c1-6-7(2)13-8(10-6)12-5-9(3,4)11/h11H,5H2,1-4H3. The molecule has 0 spiro atoms. The Morgan fingerprint density at radius 3 is 2.46 bits per heavy atom. The fourth-order valence-electron chi connectivity index (χ4n) is 0.743. The molecule has 0 amide bonds. The molecular weight excluding hydrogens is 202 g/mol. The van der Waals surface area contributed by atoms with E-state index in [2.05, 4.69) is 11.9 Å². The number of aliphatic hydroxyl groups is 1. The molecule has 0 aliphatic rings. The van der Waals surface area contributed by atoms with Crippen LogP contribution in [0.25, 0.3) is 0 Å². The van der Waals surface area contributed by atoms with E-state index in [1.165, 1.54) is 4.88 Å². The summed E-state index contributed by atoms with van der Waals surface area (Å²) < 4.78 is 1.05. The second-order valence-electron chi connectivity index (χ2n) is 3.72. The van der Waals surface area contributed by atoms with Gasteiger partial charge in [0, 0.05) is 10.6 Å². The molecule has 0 saturated carbocycles. The van der Waals surface area contributed by atoms with Crippen molar-refractivity contribution in [1.82, 2.24) is 4.98 Å². The normalized spacial score (nSPS) is 12.1. The van der Waals surface area contributed by atoms with E-state index in [1.54, 1.807) is 23.1 Å². The molecule has 0 saturated heterocycles. The first kappa shape index (κ1) is 11.0. The number of aromatic nitrogens is 1. The Morgan fingerprint density at radius 2 is 2.08 bits per heavy atom. The molecule has 0 atom stereocenters. The van der Waals surface area contributed by atoms with E-state index >= 15 is 0 Å². The van der Waals surface area contributed by atoms with Crippen LogP contribution < -0.4 is 0 Å². The molecule has 0 aliphatic heterocycles. The SMILES string of the molecule is Cc1nc(SCC(C)(C)O)sc1C. The highest BCUT2D eigenvalue weighted by molar-refractivity contribution is 8.01. The Morgan fingerprint density at radius 1 is 1.46 bits per heavy atom. The third-order valence-electron chi connectivity index (χ3n) is 1.56. The third kappa shape index (κ3) is 3.67. The number of hydrogen-bond acceptors (Lipinski definition) is 4. The Hall–Kier alpha value is -0.0600. The van der Waals surface area contributed by atoms with E-state index in [0.717, 1.165) is 10.0 Å². The van der Waals surface area contributed by atoms with Gasteiger partial charge in [-0.3, -0.25) is 0 Å². The van der Waals surface area contributed by atoms with Crippen LogP contribution in [0, 0.1) is 13.8 Å². The zero-order valence-corrected chi connectivity index (χ0v) is 10.1. The van der Waals surface area contributed by atoms with E-state index in [0.29, 0.717) is 5.75 Å². The minimum atomic E-state index is -0.613. The quantitative estimate of drug-likeness (QED) is 0.790. The molecule has 1 aromatic heterocycles. The highest BCUT2D eigenvalue weighted by Crippen LogP contribution is 2.28. The number of thioether (sulfide) groups is 1. The van der Waals surface area contributed by atoms with Gasteiger partial charge in [0.05, 0.1) is 11.3 Å². The second kappa shape index (κ2) is 3.98. The fourth-order valence-corrected chi connectivity index (χ4v) is 2.85. The molecule has 1 N–H and O–H groups in total.